The van der Waals surface area contributed by atoms with Gasteiger partial charge in [-0.3, -0.25) is 0 Å². The quantitative estimate of drug-likeness (QED) is 0.486. The Bertz CT molecular complexity index is 169. The second-order valence-corrected chi connectivity index (χ2v) is 2.46. The predicted octanol–water partition coefficient (Wildman–Crippen LogP) is 0.484. The van der Waals surface area contributed by atoms with Gasteiger partial charge < -0.3 is 0 Å². The molecule has 0 fully saturated rings. The number of hydrogen-bond donors (Lipinski definition) is 1. The van der Waals surface area contributed by atoms with Crippen LogP contribution in [-0.2, 0) is 0 Å². The third-order valence-electron chi connectivity index (χ3n) is 0.919. The van der Waals surface area contributed by atoms with E-state index in [0.29, 0.717) is 0 Å². The molecule has 0 amide bonds. The molecule has 0 spiro atoms. The van der Waals surface area contributed by atoms with Gasteiger partial charge in [0.25, 0.3) is 0 Å². The molecular weight excluding hydrogens is 200 g/mol. The summed E-state index contributed by atoms with van der Waals surface area (Å²) in [5.74, 6) is 0. The van der Waals surface area contributed by atoms with E-state index in [1.54, 1.807) is 0 Å². The van der Waals surface area contributed by atoms with E-state index in [1.165, 1.54) is 0 Å². The van der Waals surface area contributed by atoms with Crippen molar-refractivity contribution >= 4 is 38.6 Å². The molecule has 0 aromatic heterocycles. The zero-order valence-electron chi connectivity index (χ0n) is 4.70. The van der Waals surface area contributed by atoms with Crippen LogP contribution in [0.1, 0.15) is 0 Å². The normalized spacial score (nSPS) is 8.00. The van der Waals surface area contributed by atoms with Crippen LogP contribution in [0.25, 0.3) is 0 Å². The van der Waals surface area contributed by atoms with Crippen molar-refractivity contribution in [2.24, 2.45) is 0 Å². The van der Waals surface area contributed by atoms with Gasteiger partial charge in [0.1, 0.15) is 0 Å². The molecule has 1 aromatic rings. The van der Waals surface area contributed by atoms with Gasteiger partial charge in [-0.05, 0) is 0 Å². The molecule has 1 aromatic carbocycles. The van der Waals surface area contributed by atoms with Crippen LogP contribution in [0.15, 0.2) is 24.3 Å². The Balaban J connectivity index is 0.000000640. The molecule has 1 nitrogen and oxygen atoms in total. The predicted molar refractivity (Wildman–Crippen MR) is 43.5 cm³/mol. The molecule has 0 aliphatic carbocycles. The molecule has 0 saturated heterocycles. The molecule has 0 aliphatic rings. The Labute approximate surface area is 68.9 Å². The van der Waals surface area contributed by atoms with Crippen molar-refractivity contribution in [3.8, 4) is 0 Å². The maximum absolute atomic E-state index is 5.49. The molecule has 1 rings (SSSR count). The van der Waals surface area contributed by atoms with Gasteiger partial charge in [-0.2, -0.15) is 0 Å². The average molecular weight is 208 g/mol. The molecule has 2 N–H and O–H groups in total. The Kier molecular flexibility index (Phi) is 3.71. The standard InChI is InChI=1S/C6H6NSe.ClH/c7-5-3-1-2-4-6(5)8;/h1-4H,7H2;1H. The summed E-state index contributed by atoms with van der Waals surface area (Å²) in [5.41, 5.74) is 6.30. The number of anilines is 1. The van der Waals surface area contributed by atoms with Gasteiger partial charge in [0, 0.05) is 0 Å². The Morgan fingerprint density at radius 3 is 2.11 bits per heavy atom. The number of benzene rings is 1. The number of nitrogen functional groups attached to an aromatic ring is 1. The summed E-state index contributed by atoms with van der Waals surface area (Å²) in [4.78, 5) is 0. The fourth-order valence-corrected chi connectivity index (χ4v) is 0.788. The first kappa shape index (κ1) is 8.83. The van der Waals surface area contributed by atoms with Gasteiger partial charge in [0.2, 0.25) is 0 Å². The SMILES string of the molecule is Cl.Nc1ccccc1[Se]. The van der Waals surface area contributed by atoms with Crippen molar-refractivity contribution < 1.29 is 0 Å². The monoisotopic (exact) mass is 208 g/mol. The number of para-hydroxylation sites is 1. The second kappa shape index (κ2) is 3.78. The molecule has 0 heterocycles. The number of hydrogen-bond acceptors (Lipinski definition) is 1. The van der Waals surface area contributed by atoms with Crippen LogP contribution < -0.4 is 10.2 Å². The number of nitrogens with two attached hydrogens (primary N) is 1. The zero-order valence-corrected chi connectivity index (χ0v) is 7.23. The van der Waals surface area contributed by atoms with E-state index in [0.717, 1.165) is 10.1 Å². The molecule has 49 valence electrons. The summed E-state index contributed by atoms with van der Waals surface area (Å²) >= 11 is 2.85. The minimum absolute atomic E-state index is 0. The second-order valence-electron chi connectivity index (χ2n) is 1.54. The molecule has 0 bridgehead atoms. The first-order valence-corrected chi connectivity index (χ1v) is 3.18. The van der Waals surface area contributed by atoms with Crippen molar-refractivity contribution in [3.63, 3.8) is 0 Å². The topological polar surface area (TPSA) is 26.0 Å². The Hall–Kier alpha value is -0.171. The third-order valence-corrected chi connectivity index (χ3v) is 1.70. The van der Waals surface area contributed by atoms with E-state index in [9.17, 15) is 0 Å². The van der Waals surface area contributed by atoms with Gasteiger partial charge >= 0.3 is 56.2 Å². The summed E-state index contributed by atoms with van der Waals surface area (Å²) in [7, 11) is 0. The van der Waals surface area contributed by atoms with Crippen LogP contribution >= 0.6 is 12.4 Å². The summed E-state index contributed by atoms with van der Waals surface area (Å²) in [5, 5.41) is 0. The van der Waals surface area contributed by atoms with Crippen molar-refractivity contribution in [1.82, 2.24) is 0 Å². The van der Waals surface area contributed by atoms with E-state index in [4.69, 9.17) is 5.73 Å². The van der Waals surface area contributed by atoms with Crippen LogP contribution in [0, 0.1) is 0 Å². The van der Waals surface area contributed by atoms with Crippen molar-refractivity contribution in [3.05, 3.63) is 24.3 Å². The molecule has 0 atom stereocenters. The minimum atomic E-state index is 0. The van der Waals surface area contributed by atoms with Crippen molar-refractivity contribution in [2.75, 3.05) is 5.73 Å². The third kappa shape index (κ3) is 2.27. The summed E-state index contributed by atoms with van der Waals surface area (Å²) < 4.78 is 1.02. The van der Waals surface area contributed by atoms with Crippen LogP contribution in [-0.4, -0.2) is 16.0 Å². The molecule has 0 saturated carbocycles. The fraction of sp³-hybridized carbons (Fsp3) is 0. The zero-order chi connectivity index (χ0) is 5.98. The van der Waals surface area contributed by atoms with E-state index in [-0.39, 0.29) is 12.4 Å². The van der Waals surface area contributed by atoms with E-state index in [1.807, 2.05) is 24.3 Å². The van der Waals surface area contributed by atoms with Crippen LogP contribution in [0.4, 0.5) is 5.69 Å². The van der Waals surface area contributed by atoms with Crippen molar-refractivity contribution in [1.29, 1.82) is 0 Å². The van der Waals surface area contributed by atoms with E-state index in [2.05, 4.69) is 16.0 Å². The van der Waals surface area contributed by atoms with Crippen LogP contribution in [0.5, 0.6) is 0 Å². The van der Waals surface area contributed by atoms with Crippen LogP contribution in [0.2, 0.25) is 0 Å². The van der Waals surface area contributed by atoms with E-state index < -0.39 is 0 Å². The van der Waals surface area contributed by atoms with Crippen molar-refractivity contribution in [2.45, 2.75) is 0 Å². The summed E-state index contributed by atoms with van der Waals surface area (Å²) in [6.07, 6.45) is 0. The van der Waals surface area contributed by atoms with Gasteiger partial charge in [-0.1, -0.05) is 0 Å². The van der Waals surface area contributed by atoms with Crippen LogP contribution in [0.3, 0.4) is 0 Å². The molecule has 0 unspecified atom stereocenters. The Morgan fingerprint density at radius 2 is 1.78 bits per heavy atom. The fourth-order valence-electron chi connectivity index (χ4n) is 0.481. The molecule has 1 radical (unpaired) electrons. The first-order chi connectivity index (χ1) is 3.80. The van der Waals surface area contributed by atoms with Gasteiger partial charge in [-0.25, -0.2) is 0 Å². The molecule has 9 heavy (non-hydrogen) atoms. The Morgan fingerprint density at radius 1 is 1.22 bits per heavy atom. The van der Waals surface area contributed by atoms with E-state index >= 15 is 0 Å². The van der Waals surface area contributed by atoms with Gasteiger partial charge in [-0.15, -0.1) is 12.4 Å². The maximum atomic E-state index is 5.49. The molecule has 0 aliphatic heterocycles. The number of rotatable bonds is 0. The first-order valence-electron chi connectivity index (χ1n) is 2.32. The summed E-state index contributed by atoms with van der Waals surface area (Å²) in [6.45, 7) is 0. The summed E-state index contributed by atoms with van der Waals surface area (Å²) in [6, 6.07) is 7.67. The average Bonchev–Trinajstić information content (AvgIpc) is 1.77. The molecular formula is C6H7ClNSe. The molecule has 3 heteroatoms. The number of halogens is 1. The van der Waals surface area contributed by atoms with Gasteiger partial charge in [0.05, 0.1) is 0 Å². The van der Waals surface area contributed by atoms with Gasteiger partial charge in [0.15, 0.2) is 0 Å².